The van der Waals surface area contributed by atoms with E-state index in [0.717, 1.165) is 0 Å². The van der Waals surface area contributed by atoms with Gasteiger partial charge in [0.25, 0.3) is 0 Å². The van der Waals surface area contributed by atoms with Crippen LogP contribution in [0.2, 0.25) is 0 Å². The van der Waals surface area contributed by atoms with Crippen molar-refractivity contribution in [3.05, 3.63) is 0 Å². The van der Waals surface area contributed by atoms with E-state index in [1.54, 1.807) is 0 Å². The second-order valence-electron chi connectivity index (χ2n) is 0.780. The molecule has 1 heterocycles. The van der Waals surface area contributed by atoms with Crippen molar-refractivity contribution >= 4 is 6.79 Å². The molecule has 8 heavy (non-hydrogen) atoms. The molecule has 0 aromatic rings. The molecule has 0 radical (unpaired) electrons. The highest BCUT2D eigenvalue weighted by molar-refractivity contribution is 5.10. The Balaban J connectivity index is 0.000000222. The van der Waals surface area contributed by atoms with Gasteiger partial charge >= 0.3 is 0 Å². The van der Waals surface area contributed by atoms with Gasteiger partial charge in [-0.3, -0.25) is 0 Å². The van der Waals surface area contributed by atoms with Crippen LogP contribution in [0.5, 0.6) is 0 Å². The molecular formula is C3H6O5. The van der Waals surface area contributed by atoms with Crippen LogP contribution in [-0.4, -0.2) is 20.0 Å². The Kier molecular flexibility index (Phi) is 6.11. The van der Waals surface area contributed by atoms with Crippen molar-refractivity contribution in [2.75, 3.05) is 13.2 Å². The zero-order chi connectivity index (χ0) is 6.24. The third-order valence-corrected chi connectivity index (χ3v) is 0.374. The van der Waals surface area contributed by atoms with Crippen LogP contribution in [0.3, 0.4) is 0 Å². The van der Waals surface area contributed by atoms with Crippen molar-refractivity contribution in [3.8, 4) is 0 Å². The smallest absolute Gasteiger partial charge is 0.112 e. The van der Waals surface area contributed by atoms with Crippen molar-refractivity contribution in [2.45, 2.75) is 0 Å². The average molecular weight is 122 g/mol. The highest BCUT2D eigenvalue weighted by Crippen LogP contribution is 1.89. The maximum Gasteiger partial charge on any atom is 0.112 e. The van der Waals surface area contributed by atoms with Gasteiger partial charge in [-0.25, -0.2) is 9.78 Å². The van der Waals surface area contributed by atoms with E-state index in [-0.39, 0.29) is 0 Å². The van der Waals surface area contributed by atoms with Crippen LogP contribution in [0.4, 0.5) is 0 Å². The molecule has 0 N–H and O–H groups in total. The first-order valence-corrected chi connectivity index (χ1v) is 1.87. The standard InChI is InChI=1S/C2H4O4.CH2O/c1-2-4-6-5-3-1;1-2/h1-2H2;1H2. The van der Waals surface area contributed by atoms with E-state index in [2.05, 4.69) is 19.9 Å². The van der Waals surface area contributed by atoms with E-state index >= 15 is 0 Å². The summed E-state index contributed by atoms with van der Waals surface area (Å²) in [6, 6.07) is 0. The first-order chi connectivity index (χ1) is 4.00. The highest BCUT2D eigenvalue weighted by atomic mass is 17.7. The minimum absolute atomic E-state index is 0.431. The molecule has 0 aromatic carbocycles. The predicted octanol–water partition coefficient (Wildman–Crippen LogP) is -0.373. The highest BCUT2D eigenvalue weighted by Gasteiger charge is 1.97. The van der Waals surface area contributed by atoms with Gasteiger partial charge in [0.2, 0.25) is 0 Å². The number of hydrogen-bond donors (Lipinski definition) is 0. The van der Waals surface area contributed by atoms with Gasteiger partial charge < -0.3 is 4.79 Å². The number of carbonyl (C=O) groups excluding carboxylic acids is 1. The largest absolute Gasteiger partial charge is 0.307 e. The van der Waals surface area contributed by atoms with Gasteiger partial charge in [-0.1, -0.05) is 0 Å². The van der Waals surface area contributed by atoms with E-state index in [4.69, 9.17) is 4.79 Å². The lowest BCUT2D eigenvalue weighted by Crippen LogP contribution is -2.12. The fraction of sp³-hybridized carbons (Fsp3) is 0.667. The summed E-state index contributed by atoms with van der Waals surface area (Å²) in [7, 11) is 0. The molecule has 5 heteroatoms. The van der Waals surface area contributed by atoms with E-state index < -0.39 is 0 Å². The summed E-state index contributed by atoms with van der Waals surface area (Å²) in [5.41, 5.74) is 0. The lowest BCUT2D eigenvalue weighted by atomic mass is 10.8. The van der Waals surface area contributed by atoms with Gasteiger partial charge in [0, 0.05) is 0 Å². The van der Waals surface area contributed by atoms with Gasteiger partial charge in [0.1, 0.15) is 20.0 Å². The topological polar surface area (TPSA) is 54.0 Å². The summed E-state index contributed by atoms with van der Waals surface area (Å²) in [4.78, 5) is 16.4. The molecule has 0 aliphatic carbocycles. The van der Waals surface area contributed by atoms with Crippen molar-refractivity contribution in [1.29, 1.82) is 0 Å². The molecule has 0 spiro atoms. The van der Waals surface area contributed by atoms with Crippen LogP contribution < -0.4 is 0 Å². The zero-order valence-corrected chi connectivity index (χ0v) is 4.16. The van der Waals surface area contributed by atoms with Crippen molar-refractivity contribution in [3.63, 3.8) is 0 Å². The number of carbonyl (C=O) groups is 1. The van der Waals surface area contributed by atoms with Gasteiger partial charge in [-0.15, -0.1) is 0 Å². The van der Waals surface area contributed by atoms with Crippen molar-refractivity contribution in [2.24, 2.45) is 0 Å². The monoisotopic (exact) mass is 122 g/mol. The average Bonchev–Trinajstić information content (AvgIpc) is 1.96. The van der Waals surface area contributed by atoms with E-state index in [0.29, 0.717) is 13.2 Å². The maximum atomic E-state index is 8.00. The summed E-state index contributed by atoms with van der Waals surface area (Å²) in [6.45, 7) is 2.86. The second-order valence-corrected chi connectivity index (χ2v) is 0.780. The van der Waals surface area contributed by atoms with Crippen molar-refractivity contribution in [1.82, 2.24) is 0 Å². The Bertz CT molecular complexity index is 31.4. The summed E-state index contributed by atoms with van der Waals surface area (Å²) in [5.74, 6) is 0. The number of rotatable bonds is 0. The first-order valence-electron chi connectivity index (χ1n) is 1.87. The third kappa shape index (κ3) is 3.69. The lowest BCUT2D eigenvalue weighted by molar-refractivity contribution is -0.663. The molecule has 5 nitrogen and oxygen atoms in total. The van der Waals surface area contributed by atoms with Crippen LogP contribution in [0.15, 0.2) is 0 Å². The fourth-order valence-electron chi connectivity index (χ4n) is 0.175. The molecule has 0 unspecified atom stereocenters. The molecule has 0 saturated carbocycles. The molecule has 1 saturated heterocycles. The molecule has 0 aromatic heterocycles. The predicted molar refractivity (Wildman–Crippen MR) is 21.2 cm³/mol. The van der Waals surface area contributed by atoms with Crippen LogP contribution in [0.1, 0.15) is 0 Å². The van der Waals surface area contributed by atoms with Crippen LogP contribution >= 0.6 is 0 Å². The number of hydrogen-bond acceptors (Lipinski definition) is 5. The quantitative estimate of drug-likeness (QED) is 0.410. The summed E-state index contributed by atoms with van der Waals surface area (Å²) < 4.78 is 0. The normalized spacial score (nSPS) is 18.5. The molecule has 1 aliphatic heterocycles. The Hall–Kier alpha value is -0.490. The molecule has 0 bridgehead atoms. The van der Waals surface area contributed by atoms with Crippen molar-refractivity contribution < 1.29 is 24.6 Å². The molecule has 1 aliphatic rings. The van der Waals surface area contributed by atoms with E-state index in [9.17, 15) is 0 Å². The van der Waals surface area contributed by atoms with Gasteiger partial charge in [-0.05, 0) is 10.1 Å². The zero-order valence-electron chi connectivity index (χ0n) is 4.16. The fourth-order valence-corrected chi connectivity index (χ4v) is 0.175. The van der Waals surface area contributed by atoms with E-state index in [1.165, 1.54) is 0 Å². The van der Waals surface area contributed by atoms with Crippen LogP contribution in [0, 0.1) is 0 Å². The Morgan fingerprint density at radius 3 is 1.50 bits per heavy atom. The third-order valence-electron chi connectivity index (χ3n) is 0.374. The Morgan fingerprint density at radius 2 is 1.38 bits per heavy atom. The van der Waals surface area contributed by atoms with Crippen LogP contribution in [-0.2, 0) is 24.6 Å². The van der Waals surface area contributed by atoms with Crippen LogP contribution in [0.25, 0.3) is 0 Å². The molecule has 48 valence electrons. The molecule has 0 amide bonds. The second kappa shape index (κ2) is 6.51. The van der Waals surface area contributed by atoms with E-state index in [1.807, 2.05) is 6.79 Å². The Labute approximate surface area is 45.9 Å². The summed E-state index contributed by atoms with van der Waals surface area (Å²) in [5, 5.41) is 7.69. The maximum absolute atomic E-state index is 8.00. The Morgan fingerprint density at radius 1 is 1.00 bits per heavy atom. The minimum atomic E-state index is 0.431. The summed E-state index contributed by atoms with van der Waals surface area (Å²) >= 11 is 0. The summed E-state index contributed by atoms with van der Waals surface area (Å²) in [6.07, 6.45) is 0. The van der Waals surface area contributed by atoms with Gasteiger partial charge in [0.15, 0.2) is 0 Å². The molecule has 0 atom stereocenters. The molecular weight excluding hydrogens is 116 g/mol. The SMILES string of the molecule is C1COOOO1.C=O. The molecule has 1 rings (SSSR count). The lowest BCUT2D eigenvalue weighted by Gasteiger charge is -2.05. The van der Waals surface area contributed by atoms with Gasteiger partial charge in [-0.2, -0.15) is 0 Å². The minimum Gasteiger partial charge on any atom is -0.307 e. The van der Waals surface area contributed by atoms with Gasteiger partial charge in [0.05, 0.1) is 0 Å². The molecule has 1 fully saturated rings. The first kappa shape index (κ1) is 7.51.